The summed E-state index contributed by atoms with van der Waals surface area (Å²) in [6, 6.07) is 0. The monoisotopic (exact) mass is 409 g/mol. The first kappa shape index (κ1) is 24.7. The molecule has 1 heterocycles. The fraction of sp³-hybridized carbons (Fsp3) is 0.714. The fourth-order valence-corrected chi connectivity index (χ4v) is 2.99. The lowest BCUT2D eigenvalue weighted by atomic mass is 10.1. The summed E-state index contributed by atoms with van der Waals surface area (Å²) in [5.74, 6) is -0.678. The van der Waals surface area contributed by atoms with Crippen molar-refractivity contribution in [3.05, 3.63) is 43.6 Å². The number of carbonyl (C=O) groups is 1. The molecule has 0 aliphatic heterocycles. The van der Waals surface area contributed by atoms with Gasteiger partial charge >= 0.3 is 23.0 Å². The van der Waals surface area contributed by atoms with Crippen LogP contribution in [0.3, 0.4) is 0 Å². The molecule has 0 spiro atoms. The maximum absolute atomic E-state index is 11.7. The summed E-state index contributed by atoms with van der Waals surface area (Å²) in [7, 11) is 0. The van der Waals surface area contributed by atoms with Gasteiger partial charge in [0.05, 0.1) is 0 Å². The number of hydrogen-bond acceptors (Lipinski definition) is 5. The van der Waals surface area contributed by atoms with Crippen LogP contribution in [-0.2, 0) is 4.79 Å². The number of aromatic amines is 2. The molecule has 0 amide bonds. The first-order valence-corrected chi connectivity index (χ1v) is 10.9. The number of rotatable bonds is 16. The van der Waals surface area contributed by atoms with Gasteiger partial charge in [-0.1, -0.05) is 75.2 Å². The second kappa shape index (κ2) is 15.5. The molecule has 0 atom stereocenters. The second-order valence-electron chi connectivity index (χ2n) is 7.28. The van der Waals surface area contributed by atoms with Gasteiger partial charge in [-0.25, -0.2) is 19.2 Å². The highest BCUT2D eigenvalue weighted by molar-refractivity contribution is 5.69. The van der Waals surface area contributed by atoms with E-state index in [1.165, 1.54) is 44.9 Å². The Hall–Kier alpha value is -2.38. The molecule has 0 saturated heterocycles. The Morgan fingerprint density at radius 3 is 1.83 bits per heavy atom. The van der Waals surface area contributed by atoms with Gasteiger partial charge in [-0.05, 0) is 32.1 Å². The van der Waals surface area contributed by atoms with Crippen LogP contribution in [0.2, 0.25) is 0 Å². The van der Waals surface area contributed by atoms with Gasteiger partial charge in [-0.2, -0.15) is 0 Å². The van der Waals surface area contributed by atoms with Crippen LogP contribution < -0.4 is 21.9 Å². The predicted octanol–water partition coefficient (Wildman–Crippen LogP) is 3.22. The maximum atomic E-state index is 11.7. The zero-order valence-corrected chi connectivity index (χ0v) is 17.5. The smallest absolute Gasteiger partial charge is 0.327 e. The van der Waals surface area contributed by atoms with Crippen LogP contribution >= 0.6 is 0 Å². The molecule has 0 aliphatic carbocycles. The highest BCUT2D eigenvalue weighted by atomic mass is 16.7. The molecule has 1 aromatic heterocycles. The summed E-state index contributed by atoms with van der Waals surface area (Å²) in [5, 5.41) is 0. The number of hydrogen-bond donors (Lipinski definition) is 2. The first-order valence-electron chi connectivity index (χ1n) is 10.9. The van der Waals surface area contributed by atoms with Gasteiger partial charge in [0.2, 0.25) is 0 Å². The number of aromatic nitrogens is 3. The van der Waals surface area contributed by atoms with Crippen molar-refractivity contribution in [2.24, 2.45) is 0 Å². The molecule has 0 fully saturated rings. The van der Waals surface area contributed by atoms with Crippen LogP contribution in [0.4, 0.5) is 0 Å². The molecule has 0 radical (unpaired) electrons. The predicted molar refractivity (Wildman–Crippen MR) is 113 cm³/mol. The average molecular weight is 410 g/mol. The van der Waals surface area contributed by atoms with Crippen LogP contribution in [0.1, 0.15) is 96.8 Å². The summed E-state index contributed by atoms with van der Waals surface area (Å²) < 4.78 is 0.223. The lowest BCUT2D eigenvalue weighted by molar-refractivity contribution is -0.145. The number of allylic oxidation sites excluding steroid dienone is 2. The third kappa shape index (κ3) is 11.9. The van der Waals surface area contributed by atoms with Crippen LogP contribution in [0, 0.1) is 0 Å². The summed E-state index contributed by atoms with van der Waals surface area (Å²) in [5.41, 5.74) is -3.09. The van der Waals surface area contributed by atoms with Crippen molar-refractivity contribution in [3.8, 4) is 0 Å². The van der Waals surface area contributed by atoms with E-state index in [0.29, 0.717) is 6.42 Å². The molecule has 0 aliphatic rings. The van der Waals surface area contributed by atoms with Gasteiger partial charge in [0.25, 0.3) is 0 Å². The molecular weight excluding hydrogens is 374 g/mol. The Bertz CT molecular complexity index is 741. The quantitative estimate of drug-likeness (QED) is 0.321. The van der Waals surface area contributed by atoms with E-state index in [1.807, 2.05) is 9.97 Å². The molecule has 164 valence electrons. The third-order valence-corrected chi connectivity index (χ3v) is 4.65. The zero-order chi connectivity index (χ0) is 21.3. The summed E-state index contributed by atoms with van der Waals surface area (Å²) >= 11 is 0. The summed E-state index contributed by atoms with van der Waals surface area (Å²) in [6.07, 6.45) is 19.7. The molecule has 1 rings (SSSR count). The Kier molecular flexibility index (Phi) is 13.2. The Labute approximate surface area is 171 Å². The molecule has 2 N–H and O–H groups in total. The Balaban J connectivity index is 2.00. The van der Waals surface area contributed by atoms with E-state index < -0.39 is 23.0 Å². The van der Waals surface area contributed by atoms with Crippen molar-refractivity contribution >= 4 is 5.97 Å². The lowest BCUT2D eigenvalue weighted by Crippen LogP contribution is -2.47. The second-order valence-corrected chi connectivity index (χ2v) is 7.28. The van der Waals surface area contributed by atoms with E-state index in [4.69, 9.17) is 4.84 Å². The molecule has 0 aromatic carbocycles. The largest absolute Gasteiger partial charge is 0.367 e. The van der Waals surface area contributed by atoms with E-state index in [9.17, 15) is 19.2 Å². The Morgan fingerprint density at radius 1 is 0.793 bits per heavy atom. The van der Waals surface area contributed by atoms with Gasteiger partial charge in [0.1, 0.15) is 0 Å². The normalized spacial score (nSPS) is 11.2. The molecule has 0 unspecified atom stereocenters. The van der Waals surface area contributed by atoms with Gasteiger partial charge in [0.15, 0.2) is 0 Å². The summed E-state index contributed by atoms with van der Waals surface area (Å²) in [6.45, 7) is 2.24. The van der Waals surface area contributed by atoms with Crippen molar-refractivity contribution in [2.45, 2.75) is 96.8 Å². The van der Waals surface area contributed by atoms with Gasteiger partial charge in [-0.3, -0.25) is 9.97 Å². The maximum Gasteiger partial charge on any atom is 0.367 e. The molecular formula is C21H35N3O5. The number of nitrogens with zero attached hydrogens (tertiary/aromatic N) is 1. The van der Waals surface area contributed by atoms with Crippen molar-refractivity contribution < 1.29 is 9.63 Å². The van der Waals surface area contributed by atoms with Gasteiger partial charge in [-0.15, -0.1) is 0 Å². The fourth-order valence-electron chi connectivity index (χ4n) is 2.99. The SMILES string of the molecule is CCCCCCCC/C=C\CCCCCCCC(=O)On1c(=O)[nH]c(=O)[nH]c1=O. The van der Waals surface area contributed by atoms with Crippen molar-refractivity contribution in [2.75, 3.05) is 0 Å². The van der Waals surface area contributed by atoms with E-state index in [1.54, 1.807) is 0 Å². The minimum absolute atomic E-state index is 0.114. The van der Waals surface area contributed by atoms with E-state index >= 15 is 0 Å². The number of H-pyrrole nitrogens is 2. The zero-order valence-electron chi connectivity index (χ0n) is 17.5. The van der Waals surface area contributed by atoms with Crippen LogP contribution in [0.25, 0.3) is 0 Å². The van der Waals surface area contributed by atoms with Crippen LogP contribution in [0.15, 0.2) is 26.5 Å². The Morgan fingerprint density at radius 2 is 1.28 bits per heavy atom. The number of nitrogens with one attached hydrogen (secondary N) is 2. The van der Waals surface area contributed by atoms with Gasteiger partial charge < -0.3 is 4.84 Å². The van der Waals surface area contributed by atoms with E-state index in [0.717, 1.165) is 32.1 Å². The topological polar surface area (TPSA) is 114 Å². The minimum atomic E-state index is -1.07. The molecule has 0 bridgehead atoms. The highest BCUT2D eigenvalue weighted by Gasteiger charge is 2.09. The molecule has 29 heavy (non-hydrogen) atoms. The molecule has 8 heteroatoms. The minimum Gasteiger partial charge on any atom is -0.327 e. The third-order valence-electron chi connectivity index (χ3n) is 4.65. The van der Waals surface area contributed by atoms with E-state index in [2.05, 4.69) is 19.1 Å². The highest BCUT2D eigenvalue weighted by Crippen LogP contribution is 2.09. The van der Waals surface area contributed by atoms with Crippen LogP contribution in [0.5, 0.6) is 0 Å². The number of carbonyl (C=O) groups excluding carboxylic acids is 1. The first-order chi connectivity index (χ1) is 14.0. The lowest BCUT2D eigenvalue weighted by Gasteiger charge is -2.04. The molecule has 0 saturated carbocycles. The van der Waals surface area contributed by atoms with Crippen LogP contribution in [-0.4, -0.2) is 20.7 Å². The molecule has 8 nitrogen and oxygen atoms in total. The molecule has 1 aromatic rings. The van der Waals surface area contributed by atoms with Gasteiger partial charge in [0, 0.05) is 6.42 Å². The standard InChI is InChI=1S/C21H35N3O5/c1-2-3-4-5-6-7-8-9-10-11-12-13-14-15-16-17-18(25)29-24-20(27)22-19(26)23-21(24)28/h9-10H,2-8,11-17H2,1H3,(H2,22,23,26,27,28)/b10-9-. The summed E-state index contributed by atoms with van der Waals surface area (Å²) in [4.78, 5) is 53.8. The average Bonchev–Trinajstić information content (AvgIpc) is 2.67. The van der Waals surface area contributed by atoms with Crippen molar-refractivity contribution in [1.29, 1.82) is 0 Å². The van der Waals surface area contributed by atoms with Crippen molar-refractivity contribution in [3.63, 3.8) is 0 Å². The van der Waals surface area contributed by atoms with Crippen molar-refractivity contribution in [1.82, 2.24) is 14.7 Å². The van der Waals surface area contributed by atoms with E-state index in [-0.39, 0.29) is 11.2 Å². The number of unbranched alkanes of at least 4 members (excludes halogenated alkanes) is 11.